The minimum Gasteiger partial charge on any atom is -0.449 e. The molecule has 218 valence electrons. The predicted octanol–water partition coefficient (Wildman–Crippen LogP) is 5.63. The monoisotopic (exact) mass is 576 g/mol. The van der Waals surface area contributed by atoms with Gasteiger partial charge >= 0.3 is 6.09 Å². The number of unbranched alkanes of at least 4 members (excludes halogenated alkanes) is 1. The summed E-state index contributed by atoms with van der Waals surface area (Å²) in [6.07, 6.45) is 6.73. The molecule has 9 heteroatoms. The molecule has 0 bridgehead atoms. The summed E-state index contributed by atoms with van der Waals surface area (Å²) < 4.78 is 6.80. The lowest BCUT2D eigenvalue weighted by Gasteiger charge is -2.27. The quantitative estimate of drug-likeness (QED) is 0.253. The summed E-state index contributed by atoms with van der Waals surface area (Å²) in [6.45, 7) is 13.2. The Kier molecular flexibility index (Phi) is 11.4. The first-order valence-corrected chi connectivity index (χ1v) is 19.0. The molecule has 2 aromatic rings. The van der Waals surface area contributed by atoms with Gasteiger partial charge in [-0.25, -0.2) is 4.79 Å². The van der Waals surface area contributed by atoms with E-state index >= 15 is 0 Å². The summed E-state index contributed by atoms with van der Waals surface area (Å²) in [4.78, 5) is 39.7. The minimum absolute atomic E-state index is 0.120. The van der Waals surface area contributed by atoms with E-state index in [-0.39, 0.29) is 17.3 Å². The van der Waals surface area contributed by atoms with E-state index in [9.17, 15) is 19.5 Å². The van der Waals surface area contributed by atoms with Crippen LogP contribution >= 0.6 is 11.3 Å². The molecule has 1 aromatic heterocycles. The van der Waals surface area contributed by atoms with Gasteiger partial charge in [-0.2, -0.15) is 0 Å². The lowest BCUT2D eigenvalue weighted by Crippen LogP contribution is -2.51. The van der Waals surface area contributed by atoms with Crippen molar-refractivity contribution < 1.29 is 19.4 Å². The van der Waals surface area contributed by atoms with Crippen LogP contribution in [0.2, 0.25) is 19.6 Å². The fourth-order valence-corrected chi connectivity index (χ4v) is 8.19. The third-order valence-electron chi connectivity index (χ3n) is 7.63. The van der Waals surface area contributed by atoms with Gasteiger partial charge in [0.05, 0.1) is 20.7 Å². The zero-order chi connectivity index (χ0) is 28.7. The van der Waals surface area contributed by atoms with Gasteiger partial charge in [0.15, 0.2) is 5.43 Å². The Hall–Kier alpha value is -1.97. The average molecular weight is 577 g/mol. The Morgan fingerprint density at radius 3 is 2.41 bits per heavy atom. The highest BCUT2D eigenvalue weighted by atomic mass is 32.1. The van der Waals surface area contributed by atoms with Crippen LogP contribution in [0.3, 0.4) is 0 Å². The maximum Gasteiger partial charge on any atom is 0.407 e. The van der Waals surface area contributed by atoms with Crippen LogP contribution < -0.4 is 20.6 Å². The third kappa shape index (κ3) is 9.01. The van der Waals surface area contributed by atoms with E-state index < -0.39 is 32.4 Å². The highest BCUT2D eigenvalue weighted by molar-refractivity contribution is 7.28. The molecule has 1 aliphatic carbocycles. The lowest BCUT2D eigenvalue weighted by atomic mass is 9.90. The number of aliphatic hydroxyl groups excluding tert-OH is 1. The van der Waals surface area contributed by atoms with Crippen LogP contribution in [-0.2, 0) is 9.53 Å². The molecule has 39 heavy (non-hydrogen) atoms. The van der Waals surface area contributed by atoms with E-state index in [4.69, 9.17) is 4.74 Å². The average Bonchev–Trinajstić information content (AvgIpc) is 3.29. The second-order valence-corrected chi connectivity index (χ2v) is 19.1. The van der Waals surface area contributed by atoms with E-state index in [0.717, 1.165) is 30.6 Å². The van der Waals surface area contributed by atoms with Crippen LogP contribution in [0.1, 0.15) is 90.2 Å². The summed E-state index contributed by atoms with van der Waals surface area (Å²) in [5, 5.41) is 17.0. The molecule has 1 aliphatic rings. The van der Waals surface area contributed by atoms with Crippen molar-refractivity contribution in [2.24, 2.45) is 11.8 Å². The maximum absolute atomic E-state index is 13.4. The van der Waals surface area contributed by atoms with Gasteiger partial charge in [0, 0.05) is 16.0 Å². The second-order valence-electron chi connectivity index (χ2n) is 12.7. The first-order valence-electron chi connectivity index (χ1n) is 14.7. The number of ether oxygens (including phenoxy) is 1. The first-order chi connectivity index (χ1) is 18.4. The van der Waals surface area contributed by atoms with Crippen molar-refractivity contribution in [3.05, 3.63) is 27.9 Å². The SMILES string of the molecule is CCCC[C@H](NC(=O)[C@H](CC(C)C)NC(=O)OCC1CCCCC1)C(O)c1c(-c2ccc([Si](C)(C)C)s2)c1=O. The number of carbonyl (C=O) groups excluding carboxylic acids is 2. The Bertz CT molecular complexity index is 1090. The van der Waals surface area contributed by atoms with Crippen molar-refractivity contribution in [1.29, 1.82) is 0 Å². The molecule has 0 saturated heterocycles. The number of carbonyl (C=O) groups is 2. The van der Waals surface area contributed by atoms with Gasteiger partial charge < -0.3 is 20.5 Å². The molecule has 3 rings (SSSR count). The zero-order valence-electron chi connectivity index (χ0n) is 24.6. The van der Waals surface area contributed by atoms with Crippen LogP contribution in [0.5, 0.6) is 0 Å². The van der Waals surface area contributed by atoms with E-state index in [1.807, 2.05) is 26.8 Å². The van der Waals surface area contributed by atoms with Gasteiger partial charge in [0.1, 0.15) is 12.1 Å². The zero-order valence-corrected chi connectivity index (χ0v) is 26.4. The van der Waals surface area contributed by atoms with E-state index in [2.05, 4.69) is 36.3 Å². The van der Waals surface area contributed by atoms with Crippen LogP contribution in [0.25, 0.3) is 10.4 Å². The van der Waals surface area contributed by atoms with Crippen LogP contribution in [0, 0.1) is 11.8 Å². The van der Waals surface area contributed by atoms with Gasteiger partial charge in [-0.1, -0.05) is 78.6 Å². The largest absolute Gasteiger partial charge is 0.449 e. The van der Waals surface area contributed by atoms with Gasteiger partial charge in [-0.05, 0) is 48.1 Å². The van der Waals surface area contributed by atoms with Crippen molar-refractivity contribution in [3.63, 3.8) is 0 Å². The number of hydrogen-bond acceptors (Lipinski definition) is 6. The second kappa shape index (κ2) is 14.1. The van der Waals surface area contributed by atoms with E-state index in [1.165, 1.54) is 23.8 Å². The molecular weight excluding hydrogens is 528 g/mol. The number of thiophene rings is 1. The summed E-state index contributed by atoms with van der Waals surface area (Å²) in [5.41, 5.74) is 0.877. The Morgan fingerprint density at radius 1 is 1.13 bits per heavy atom. The van der Waals surface area contributed by atoms with E-state index in [1.54, 1.807) is 11.3 Å². The van der Waals surface area contributed by atoms with E-state index in [0.29, 0.717) is 36.5 Å². The number of nitrogens with one attached hydrogen (secondary N) is 2. The Balaban J connectivity index is 1.67. The summed E-state index contributed by atoms with van der Waals surface area (Å²) >= 11 is 1.64. The Morgan fingerprint density at radius 2 is 1.82 bits per heavy atom. The molecule has 1 heterocycles. The predicted molar refractivity (Wildman–Crippen MR) is 162 cm³/mol. The van der Waals surface area contributed by atoms with Crippen LogP contribution in [0.4, 0.5) is 4.79 Å². The third-order valence-corrected chi connectivity index (χ3v) is 12.3. The fraction of sp³-hybridized carbons (Fsp3) is 0.700. The minimum atomic E-state index is -1.50. The van der Waals surface area contributed by atoms with Crippen molar-refractivity contribution in [2.75, 3.05) is 6.61 Å². The van der Waals surface area contributed by atoms with Gasteiger partial charge in [0.25, 0.3) is 0 Å². The summed E-state index contributed by atoms with van der Waals surface area (Å²) in [6, 6.07) is 2.69. The molecule has 0 aliphatic heterocycles. The molecule has 0 spiro atoms. The highest BCUT2D eigenvalue weighted by Gasteiger charge is 2.37. The molecule has 1 fully saturated rings. The van der Waals surface area contributed by atoms with Crippen molar-refractivity contribution in [2.45, 2.75) is 116 Å². The first kappa shape index (κ1) is 31.6. The molecule has 2 amide bonds. The molecular formula is C30H48N2O5SSi. The lowest BCUT2D eigenvalue weighted by molar-refractivity contribution is -0.125. The molecule has 1 saturated carbocycles. The summed E-state index contributed by atoms with van der Waals surface area (Å²) in [5.74, 6) is 0.196. The number of hydrogen-bond donors (Lipinski definition) is 3. The maximum atomic E-state index is 13.4. The molecule has 1 aromatic carbocycles. The standard InChI is InChI=1S/C30H48N2O5SSi/c1-7-8-14-21(27(33)26-25(28(26)34)23-15-16-24(38-23)39(4,5)6)31-29(35)22(17-19(2)3)32-30(36)37-18-20-12-10-9-11-13-20/h15-16,19-22,27,33H,7-14,17-18H2,1-6H3,(H,31,35)(H,32,36)/t21-,22-,27?/m0/s1. The van der Waals surface area contributed by atoms with Crippen LogP contribution in [-0.4, -0.2) is 43.9 Å². The highest BCUT2D eigenvalue weighted by Crippen LogP contribution is 2.36. The van der Waals surface area contributed by atoms with Gasteiger partial charge in [-0.3, -0.25) is 9.59 Å². The molecule has 0 radical (unpaired) electrons. The van der Waals surface area contributed by atoms with Crippen LogP contribution in [0.15, 0.2) is 16.9 Å². The molecule has 7 nitrogen and oxygen atoms in total. The van der Waals surface area contributed by atoms with Gasteiger partial charge in [0.2, 0.25) is 5.91 Å². The number of aliphatic hydroxyl groups is 1. The normalized spacial score (nSPS) is 17.2. The van der Waals surface area contributed by atoms with Crippen molar-refractivity contribution in [3.8, 4) is 10.4 Å². The molecule has 3 N–H and O–H groups in total. The summed E-state index contributed by atoms with van der Waals surface area (Å²) in [7, 11) is -1.50. The fourth-order valence-electron chi connectivity index (χ4n) is 5.24. The Labute approximate surface area is 238 Å². The topological polar surface area (TPSA) is 105 Å². The number of amides is 2. The van der Waals surface area contributed by atoms with Crippen molar-refractivity contribution >= 4 is 35.9 Å². The number of rotatable bonds is 14. The molecule has 3 atom stereocenters. The number of alkyl carbamates (subject to hydrolysis) is 1. The smallest absolute Gasteiger partial charge is 0.407 e. The molecule has 1 unspecified atom stereocenters. The van der Waals surface area contributed by atoms with Crippen molar-refractivity contribution in [1.82, 2.24) is 10.6 Å². The van der Waals surface area contributed by atoms with Gasteiger partial charge in [-0.15, -0.1) is 11.3 Å².